The molecule has 0 unspecified atom stereocenters. The molecule has 0 radical (unpaired) electrons. The molecule has 0 heterocycles. The Kier molecular flexibility index (Phi) is 4.22. The number of rotatable bonds is 5. The summed E-state index contributed by atoms with van der Waals surface area (Å²) in [6.07, 6.45) is 0.219. The SMILES string of the molecule is CC(=O)OCC(C)(C)COC(C)C.[2H][2H]. The van der Waals surface area contributed by atoms with Crippen LogP contribution in [0.15, 0.2) is 0 Å². The topological polar surface area (TPSA) is 35.5 Å². The molecular formula is C10H22O3. The fraction of sp³-hybridized carbons (Fsp3) is 0.900. The summed E-state index contributed by atoms with van der Waals surface area (Å²) in [6, 6.07) is 0. The highest BCUT2D eigenvalue weighted by molar-refractivity contribution is 5.65. The Labute approximate surface area is 83.5 Å². The first-order chi connectivity index (χ1) is 6.83. The highest BCUT2D eigenvalue weighted by atomic mass is 16.5. The van der Waals surface area contributed by atoms with Gasteiger partial charge in [-0.1, -0.05) is 13.8 Å². The monoisotopic (exact) mass is 192 g/mol. The molecule has 0 saturated heterocycles. The Bertz CT molecular complexity index is 170. The molecule has 0 rings (SSSR count). The summed E-state index contributed by atoms with van der Waals surface area (Å²) in [4.78, 5) is 10.6. The maximum Gasteiger partial charge on any atom is 0.302 e. The second kappa shape index (κ2) is 5.22. The average molecular weight is 192 g/mol. The van der Waals surface area contributed by atoms with Gasteiger partial charge >= 0.3 is 5.97 Å². The van der Waals surface area contributed by atoms with Gasteiger partial charge in [0.2, 0.25) is 0 Å². The number of hydrogen-bond donors (Lipinski definition) is 0. The first-order valence-corrected chi connectivity index (χ1v) is 4.58. The van der Waals surface area contributed by atoms with Crippen LogP contribution in [0.2, 0.25) is 0 Å². The first kappa shape index (κ1) is 10.5. The molecule has 0 N–H and O–H groups in total. The van der Waals surface area contributed by atoms with Crippen LogP contribution in [0.25, 0.3) is 0 Å². The van der Waals surface area contributed by atoms with Crippen LogP contribution in [0.4, 0.5) is 0 Å². The van der Waals surface area contributed by atoms with Gasteiger partial charge in [0.05, 0.1) is 19.3 Å². The van der Waals surface area contributed by atoms with Gasteiger partial charge in [0, 0.05) is 15.3 Å². The van der Waals surface area contributed by atoms with E-state index in [4.69, 9.17) is 12.4 Å². The Morgan fingerprint density at radius 3 is 2.38 bits per heavy atom. The summed E-state index contributed by atoms with van der Waals surface area (Å²) in [5, 5.41) is 0. The van der Waals surface area contributed by atoms with Crippen molar-refractivity contribution in [1.29, 1.82) is 0 Å². The quantitative estimate of drug-likeness (QED) is 0.627. The van der Waals surface area contributed by atoms with E-state index >= 15 is 0 Å². The standard InChI is InChI=1S/C10H20O3.H2/c1-8(2)12-6-10(4,5)7-13-9(3)11;/h8H,6-7H2,1-5H3;1H/i;1+1D. The highest BCUT2D eigenvalue weighted by Crippen LogP contribution is 2.16. The van der Waals surface area contributed by atoms with Gasteiger partial charge in [-0.15, -0.1) is 0 Å². The molecule has 0 spiro atoms. The maximum atomic E-state index is 10.6. The van der Waals surface area contributed by atoms with Crippen molar-refractivity contribution in [2.45, 2.75) is 40.7 Å². The smallest absolute Gasteiger partial charge is 0.302 e. The number of carbonyl (C=O) groups is 1. The minimum atomic E-state index is -0.238. The Morgan fingerprint density at radius 2 is 2.00 bits per heavy atom. The predicted octanol–water partition coefficient (Wildman–Crippen LogP) is 2.25. The van der Waals surface area contributed by atoms with Crippen molar-refractivity contribution in [3.8, 4) is 0 Å². The number of hydrogen-bond acceptors (Lipinski definition) is 3. The van der Waals surface area contributed by atoms with Crippen LogP contribution in [0.1, 0.15) is 37.6 Å². The van der Waals surface area contributed by atoms with Gasteiger partial charge in [-0.25, -0.2) is 0 Å². The van der Waals surface area contributed by atoms with E-state index < -0.39 is 0 Å². The number of esters is 1. The molecule has 13 heavy (non-hydrogen) atoms. The van der Waals surface area contributed by atoms with Crippen LogP contribution >= 0.6 is 0 Å². The summed E-state index contributed by atoms with van der Waals surface area (Å²) >= 11 is 0. The molecule has 3 nitrogen and oxygen atoms in total. The van der Waals surface area contributed by atoms with Crippen molar-refractivity contribution in [3.05, 3.63) is 0 Å². The average Bonchev–Trinajstić information content (AvgIpc) is 2.16. The molecule has 0 aliphatic rings. The molecule has 0 saturated carbocycles. The van der Waals surface area contributed by atoms with E-state index in [2.05, 4.69) is 0 Å². The van der Waals surface area contributed by atoms with Crippen molar-refractivity contribution in [1.82, 2.24) is 0 Å². The largest absolute Gasteiger partial charge is 0.465 e. The molecule has 0 aliphatic carbocycles. The summed E-state index contributed by atoms with van der Waals surface area (Å²) in [6.45, 7) is 10.4. The lowest BCUT2D eigenvalue weighted by Crippen LogP contribution is -2.28. The molecule has 80 valence electrons. The lowest BCUT2D eigenvalue weighted by molar-refractivity contribution is -0.145. The van der Waals surface area contributed by atoms with Crippen LogP contribution in [-0.2, 0) is 14.3 Å². The third-order valence-corrected chi connectivity index (χ3v) is 1.47. The van der Waals surface area contributed by atoms with Crippen LogP contribution in [-0.4, -0.2) is 25.3 Å². The number of carbonyl (C=O) groups excluding carboxylic acids is 1. The Balaban J connectivity index is 0. The second-order valence-electron chi connectivity index (χ2n) is 4.30. The van der Waals surface area contributed by atoms with E-state index in [0.717, 1.165) is 0 Å². The maximum absolute atomic E-state index is 10.6. The zero-order valence-electron chi connectivity index (χ0n) is 11.2. The van der Waals surface area contributed by atoms with Gasteiger partial charge in [0.1, 0.15) is 0 Å². The normalized spacial score (nSPS) is 12.5. The molecule has 3 heteroatoms. The third-order valence-electron chi connectivity index (χ3n) is 1.47. The summed E-state index contributed by atoms with van der Waals surface area (Å²) in [5.74, 6) is -0.238. The molecule has 0 bridgehead atoms. The highest BCUT2D eigenvalue weighted by Gasteiger charge is 2.20. The van der Waals surface area contributed by atoms with E-state index in [1.807, 2.05) is 27.7 Å². The molecule has 0 atom stereocenters. The van der Waals surface area contributed by atoms with Crippen molar-refractivity contribution in [2.24, 2.45) is 5.41 Å². The molecular weight excluding hydrogens is 168 g/mol. The Hall–Kier alpha value is -0.570. The van der Waals surface area contributed by atoms with Gasteiger partial charge in [-0.05, 0) is 13.8 Å². The first-order valence-electron chi connectivity index (χ1n) is 5.58. The van der Waals surface area contributed by atoms with Crippen LogP contribution in [0.3, 0.4) is 0 Å². The van der Waals surface area contributed by atoms with Crippen molar-refractivity contribution >= 4 is 5.97 Å². The summed E-state index contributed by atoms with van der Waals surface area (Å²) in [7, 11) is 0. The predicted molar refractivity (Wildman–Crippen MR) is 53.6 cm³/mol. The van der Waals surface area contributed by atoms with E-state index in [9.17, 15) is 4.79 Å². The minimum absolute atomic E-state index is 0.101. The van der Waals surface area contributed by atoms with E-state index in [-0.39, 0.29) is 17.5 Å². The van der Waals surface area contributed by atoms with Crippen molar-refractivity contribution in [3.63, 3.8) is 0 Å². The van der Waals surface area contributed by atoms with Gasteiger partial charge in [0.25, 0.3) is 0 Å². The van der Waals surface area contributed by atoms with Gasteiger partial charge in [0.15, 0.2) is 0 Å². The lowest BCUT2D eigenvalue weighted by Gasteiger charge is -2.24. The summed E-state index contributed by atoms with van der Waals surface area (Å²) < 4.78 is 20.4. The molecule has 0 aromatic heterocycles. The van der Waals surface area contributed by atoms with Crippen LogP contribution < -0.4 is 0 Å². The van der Waals surface area contributed by atoms with Gasteiger partial charge in [-0.2, -0.15) is 0 Å². The van der Waals surface area contributed by atoms with E-state index in [1.165, 1.54) is 6.92 Å². The van der Waals surface area contributed by atoms with E-state index in [0.29, 0.717) is 13.2 Å². The summed E-state index contributed by atoms with van der Waals surface area (Å²) in [5.41, 5.74) is -0.101. The van der Waals surface area contributed by atoms with Crippen molar-refractivity contribution in [2.75, 3.05) is 13.2 Å². The van der Waals surface area contributed by atoms with Gasteiger partial charge in [-0.3, -0.25) is 4.79 Å². The van der Waals surface area contributed by atoms with Crippen molar-refractivity contribution < 1.29 is 17.2 Å². The molecule has 0 aromatic rings. The second-order valence-corrected chi connectivity index (χ2v) is 4.30. The zero-order valence-corrected chi connectivity index (χ0v) is 9.22. The fourth-order valence-corrected chi connectivity index (χ4v) is 0.731. The zero-order chi connectivity index (χ0) is 12.5. The third kappa shape index (κ3) is 7.78. The molecule has 0 fully saturated rings. The van der Waals surface area contributed by atoms with Crippen LogP contribution in [0.5, 0.6) is 0 Å². The lowest BCUT2D eigenvalue weighted by atomic mass is 9.96. The van der Waals surface area contributed by atoms with Crippen LogP contribution in [0, 0.1) is 5.41 Å². The Morgan fingerprint density at radius 1 is 1.46 bits per heavy atom. The van der Waals surface area contributed by atoms with E-state index in [1.54, 1.807) is 0 Å². The molecule has 0 aromatic carbocycles. The molecule has 0 amide bonds. The minimum Gasteiger partial charge on any atom is -0.465 e. The van der Waals surface area contributed by atoms with Gasteiger partial charge < -0.3 is 9.47 Å². The number of ether oxygens (including phenoxy) is 2. The molecule has 0 aliphatic heterocycles. The fourth-order valence-electron chi connectivity index (χ4n) is 0.731.